The van der Waals surface area contributed by atoms with Crippen LogP contribution in [0.25, 0.3) is 10.2 Å². The first kappa shape index (κ1) is 15.9. The molecule has 122 valence electrons. The molecule has 0 saturated heterocycles. The minimum atomic E-state index is -0.520. The molecule has 0 atom stereocenters. The first-order chi connectivity index (χ1) is 11.5. The van der Waals surface area contributed by atoms with Gasteiger partial charge in [0, 0.05) is 31.9 Å². The first-order valence-corrected chi connectivity index (χ1v) is 7.90. The number of fused-ring (bicyclic) bond motifs is 1. The van der Waals surface area contributed by atoms with Crippen LogP contribution in [-0.4, -0.2) is 29.9 Å². The number of para-hydroxylation sites is 1. The summed E-state index contributed by atoms with van der Waals surface area (Å²) < 4.78 is 0.958. The lowest BCUT2D eigenvalue weighted by atomic mass is 10.1. The highest BCUT2D eigenvalue weighted by atomic mass is 32.1. The topological polar surface area (TPSA) is 88.4 Å². The molecule has 3 aromatic rings. The molecule has 0 spiro atoms. The number of anilines is 2. The number of benzene rings is 2. The van der Waals surface area contributed by atoms with Crippen molar-refractivity contribution in [1.82, 2.24) is 4.98 Å². The summed E-state index contributed by atoms with van der Waals surface area (Å²) in [7, 11) is 3.55. The number of non-ortho nitro benzene ring substituents is 1. The van der Waals surface area contributed by atoms with Gasteiger partial charge in [-0.2, -0.15) is 0 Å². The summed E-state index contributed by atoms with van der Waals surface area (Å²) in [6, 6.07) is 11.8. The van der Waals surface area contributed by atoms with Crippen LogP contribution in [-0.2, 0) is 0 Å². The van der Waals surface area contributed by atoms with Crippen LogP contribution >= 0.6 is 11.3 Å². The number of hydrogen-bond acceptors (Lipinski definition) is 6. The second-order valence-electron chi connectivity index (χ2n) is 5.29. The van der Waals surface area contributed by atoms with Crippen molar-refractivity contribution in [3.8, 4) is 0 Å². The number of aromatic nitrogens is 1. The summed E-state index contributed by atoms with van der Waals surface area (Å²) in [4.78, 5) is 29.1. The van der Waals surface area contributed by atoms with E-state index in [-0.39, 0.29) is 11.3 Å². The molecule has 1 aromatic heterocycles. The average Bonchev–Trinajstić information content (AvgIpc) is 2.96. The molecule has 1 amide bonds. The normalized spacial score (nSPS) is 10.6. The Kier molecular flexibility index (Phi) is 4.13. The van der Waals surface area contributed by atoms with E-state index in [1.54, 1.807) is 25.1 Å². The second-order valence-corrected chi connectivity index (χ2v) is 6.32. The molecule has 0 radical (unpaired) electrons. The number of carbonyl (C=O) groups is 1. The lowest BCUT2D eigenvalue weighted by Crippen LogP contribution is -2.18. The Hall–Kier alpha value is -3.00. The second kappa shape index (κ2) is 6.25. The molecule has 0 aliphatic heterocycles. The molecule has 2 aromatic carbocycles. The van der Waals surface area contributed by atoms with E-state index in [1.165, 1.54) is 23.5 Å². The van der Waals surface area contributed by atoms with E-state index in [0.29, 0.717) is 10.8 Å². The smallest absolute Gasteiger partial charge is 0.270 e. The van der Waals surface area contributed by atoms with E-state index < -0.39 is 10.8 Å². The van der Waals surface area contributed by atoms with Gasteiger partial charge in [0.2, 0.25) is 0 Å². The van der Waals surface area contributed by atoms with Crippen LogP contribution in [0, 0.1) is 10.1 Å². The van der Waals surface area contributed by atoms with Crippen LogP contribution in [0.2, 0.25) is 0 Å². The third-order valence-electron chi connectivity index (χ3n) is 3.43. The SMILES string of the molecule is CN(C)c1ccc([N+](=O)[O-])cc1C(=O)Nc1nc2ccccc2s1. The molecule has 1 N–H and O–H groups in total. The summed E-state index contributed by atoms with van der Waals surface area (Å²) in [6.45, 7) is 0. The van der Waals surface area contributed by atoms with Crippen LogP contribution in [0.15, 0.2) is 42.5 Å². The van der Waals surface area contributed by atoms with Crippen molar-refractivity contribution in [3.05, 3.63) is 58.1 Å². The molecule has 8 heteroatoms. The quantitative estimate of drug-likeness (QED) is 0.579. The van der Waals surface area contributed by atoms with Crippen LogP contribution < -0.4 is 10.2 Å². The lowest BCUT2D eigenvalue weighted by Gasteiger charge is -2.16. The Balaban J connectivity index is 1.96. The molecule has 3 rings (SSSR count). The van der Waals surface area contributed by atoms with E-state index in [4.69, 9.17) is 0 Å². The van der Waals surface area contributed by atoms with Crippen molar-refractivity contribution >= 4 is 44.0 Å². The Morgan fingerprint density at radius 1 is 1.25 bits per heavy atom. The summed E-state index contributed by atoms with van der Waals surface area (Å²) in [5.74, 6) is -0.429. The molecule has 0 unspecified atom stereocenters. The Labute approximate surface area is 141 Å². The van der Waals surface area contributed by atoms with Crippen molar-refractivity contribution in [2.45, 2.75) is 0 Å². The molecule has 0 saturated carbocycles. The Morgan fingerprint density at radius 2 is 2.00 bits per heavy atom. The molecular weight excluding hydrogens is 328 g/mol. The third kappa shape index (κ3) is 3.04. The number of nitro groups is 1. The van der Waals surface area contributed by atoms with Crippen molar-refractivity contribution in [2.75, 3.05) is 24.3 Å². The lowest BCUT2D eigenvalue weighted by molar-refractivity contribution is -0.384. The number of nitro benzene ring substituents is 1. The minimum absolute atomic E-state index is 0.130. The number of nitrogens with zero attached hydrogens (tertiary/aromatic N) is 3. The molecule has 0 aliphatic rings. The predicted molar refractivity (Wildman–Crippen MR) is 95.0 cm³/mol. The number of amides is 1. The van der Waals surface area contributed by atoms with Crippen molar-refractivity contribution in [1.29, 1.82) is 0 Å². The average molecular weight is 342 g/mol. The number of carbonyl (C=O) groups excluding carboxylic acids is 1. The summed E-state index contributed by atoms with van der Waals surface area (Å²) >= 11 is 1.35. The van der Waals surface area contributed by atoms with Gasteiger partial charge < -0.3 is 4.90 Å². The highest BCUT2D eigenvalue weighted by Crippen LogP contribution is 2.28. The molecule has 7 nitrogen and oxygen atoms in total. The summed E-state index contributed by atoms with van der Waals surface area (Å²) in [6.07, 6.45) is 0. The molecule has 0 bridgehead atoms. The molecular formula is C16H14N4O3S. The van der Waals surface area contributed by atoms with Gasteiger partial charge in [0.05, 0.1) is 20.7 Å². The van der Waals surface area contributed by atoms with Gasteiger partial charge >= 0.3 is 0 Å². The van der Waals surface area contributed by atoms with Crippen LogP contribution in [0.3, 0.4) is 0 Å². The third-order valence-corrected chi connectivity index (χ3v) is 4.38. The molecule has 0 aliphatic carbocycles. The van der Waals surface area contributed by atoms with Gasteiger partial charge in [0.1, 0.15) is 0 Å². The highest BCUT2D eigenvalue weighted by Gasteiger charge is 2.19. The van der Waals surface area contributed by atoms with Gasteiger partial charge in [-0.15, -0.1) is 0 Å². The zero-order valence-electron chi connectivity index (χ0n) is 13.0. The van der Waals surface area contributed by atoms with Crippen LogP contribution in [0.4, 0.5) is 16.5 Å². The molecule has 0 fully saturated rings. The monoisotopic (exact) mass is 342 g/mol. The fraction of sp³-hybridized carbons (Fsp3) is 0.125. The number of rotatable bonds is 4. The van der Waals surface area contributed by atoms with Crippen molar-refractivity contribution < 1.29 is 9.72 Å². The van der Waals surface area contributed by atoms with Gasteiger partial charge in [-0.05, 0) is 18.2 Å². The number of hydrogen-bond donors (Lipinski definition) is 1. The largest absolute Gasteiger partial charge is 0.377 e. The van der Waals surface area contributed by atoms with Gasteiger partial charge in [-0.1, -0.05) is 23.5 Å². The minimum Gasteiger partial charge on any atom is -0.377 e. The van der Waals surface area contributed by atoms with Crippen molar-refractivity contribution in [3.63, 3.8) is 0 Å². The highest BCUT2D eigenvalue weighted by molar-refractivity contribution is 7.22. The number of thiazole rings is 1. The standard InChI is InChI=1S/C16H14N4O3S/c1-19(2)13-8-7-10(20(22)23)9-11(13)15(21)18-16-17-12-5-3-4-6-14(12)24-16/h3-9H,1-2H3,(H,17,18,21). The van der Waals surface area contributed by atoms with Crippen LogP contribution in [0.5, 0.6) is 0 Å². The maximum Gasteiger partial charge on any atom is 0.270 e. The summed E-state index contributed by atoms with van der Waals surface area (Å²) in [5.41, 5.74) is 1.49. The first-order valence-electron chi connectivity index (χ1n) is 7.08. The number of nitrogens with one attached hydrogen (secondary N) is 1. The van der Waals surface area contributed by atoms with Gasteiger partial charge in [-0.3, -0.25) is 20.2 Å². The zero-order valence-corrected chi connectivity index (χ0v) is 13.8. The Morgan fingerprint density at radius 3 is 2.67 bits per heavy atom. The van der Waals surface area contributed by atoms with Crippen molar-refractivity contribution in [2.24, 2.45) is 0 Å². The van der Waals surface area contributed by atoms with E-state index in [2.05, 4.69) is 10.3 Å². The van der Waals surface area contributed by atoms with Gasteiger partial charge in [0.15, 0.2) is 5.13 Å². The maximum atomic E-state index is 12.6. The van der Waals surface area contributed by atoms with E-state index in [1.807, 2.05) is 24.3 Å². The zero-order chi connectivity index (χ0) is 17.3. The van der Waals surface area contributed by atoms with E-state index in [9.17, 15) is 14.9 Å². The maximum absolute atomic E-state index is 12.6. The predicted octanol–water partition coefficient (Wildman–Crippen LogP) is 3.52. The van der Waals surface area contributed by atoms with E-state index in [0.717, 1.165) is 10.2 Å². The van der Waals surface area contributed by atoms with Gasteiger partial charge in [0.25, 0.3) is 11.6 Å². The van der Waals surface area contributed by atoms with Crippen LogP contribution in [0.1, 0.15) is 10.4 Å². The fourth-order valence-corrected chi connectivity index (χ4v) is 3.16. The van der Waals surface area contributed by atoms with Gasteiger partial charge in [-0.25, -0.2) is 4.98 Å². The Bertz CT molecular complexity index is 903. The summed E-state index contributed by atoms with van der Waals surface area (Å²) in [5, 5.41) is 14.2. The van der Waals surface area contributed by atoms with E-state index >= 15 is 0 Å². The molecule has 1 heterocycles. The fourth-order valence-electron chi connectivity index (χ4n) is 2.30. The molecule has 24 heavy (non-hydrogen) atoms.